The molecule has 0 aliphatic carbocycles. The van der Waals surface area contributed by atoms with Gasteiger partial charge in [-0.2, -0.15) is 8.62 Å². The highest BCUT2D eigenvalue weighted by Crippen LogP contribution is 2.66. The van der Waals surface area contributed by atoms with Gasteiger partial charge in [-0.05, 0) is 12.1 Å². The third-order valence-corrected chi connectivity index (χ3v) is 9.52. The molecule has 0 spiro atoms. The molecular formula is C21H24N3O15P3. The van der Waals surface area contributed by atoms with E-state index in [4.69, 9.17) is 14.5 Å². The minimum absolute atomic E-state index is 0.264. The third kappa shape index (κ3) is 8.03. The van der Waals surface area contributed by atoms with Crippen molar-refractivity contribution in [1.29, 1.82) is 0 Å². The van der Waals surface area contributed by atoms with Crippen molar-refractivity contribution in [2.45, 2.75) is 31.1 Å². The van der Waals surface area contributed by atoms with Crippen LogP contribution in [0.2, 0.25) is 0 Å². The van der Waals surface area contributed by atoms with E-state index in [0.29, 0.717) is 11.4 Å². The summed E-state index contributed by atoms with van der Waals surface area (Å²) >= 11 is 0. The molecule has 2 aromatic heterocycles. The summed E-state index contributed by atoms with van der Waals surface area (Å²) in [6.45, 7) is -1.34. The Labute approximate surface area is 235 Å². The number of hydrogen-bond donors (Lipinski definition) is 6. The van der Waals surface area contributed by atoms with Crippen LogP contribution in [0.5, 0.6) is 0 Å². The van der Waals surface area contributed by atoms with Crippen molar-refractivity contribution in [3.63, 3.8) is 0 Å². The fourth-order valence-electron chi connectivity index (χ4n) is 3.94. The molecule has 6 atom stereocenters. The van der Waals surface area contributed by atoms with Gasteiger partial charge in [0.2, 0.25) is 0 Å². The lowest BCUT2D eigenvalue weighted by atomic mass is 10.1. The van der Waals surface area contributed by atoms with E-state index in [0.717, 1.165) is 27.0 Å². The lowest BCUT2D eigenvalue weighted by Gasteiger charge is -2.19. The summed E-state index contributed by atoms with van der Waals surface area (Å²) in [6.07, 6.45) is -5.94. The Bertz CT molecular complexity index is 1690. The fraction of sp³-hybridized carbons (Fsp3) is 0.286. The molecule has 4 rings (SSSR count). The Morgan fingerprint density at radius 3 is 2.21 bits per heavy atom. The van der Waals surface area contributed by atoms with Gasteiger partial charge in [0.25, 0.3) is 5.56 Å². The van der Waals surface area contributed by atoms with E-state index < -0.39 is 65.9 Å². The number of benzene rings is 1. The van der Waals surface area contributed by atoms with Crippen molar-refractivity contribution >= 4 is 23.5 Å². The largest absolute Gasteiger partial charge is 0.490 e. The first-order valence-electron chi connectivity index (χ1n) is 11.7. The van der Waals surface area contributed by atoms with Crippen LogP contribution in [0.4, 0.5) is 0 Å². The van der Waals surface area contributed by atoms with E-state index in [1.165, 1.54) is 0 Å². The molecule has 18 nitrogen and oxygen atoms in total. The summed E-state index contributed by atoms with van der Waals surface area (Å²) in [6, 6.07) is 15.2. The zero-order valence-electron chi connectivity index (χ0n) is 21.0. The maximum atomic E-state index is 13.2. The number of pyridine rings is 1. The van der Waals surface area contributed by atoms with Crippen LogP contribution in [0.3, 0.4) is 0 Å². The Morgan fingerprint density at radius 2 is 1.55 bits per heavy atom. The Hall–Kier alpha value is -2.66. The molecule has 1 fully saturated rings. The fourth-order valence-corrected chi connectivity index (χ4v) is 6.97. The van der Waals surface area contributed by atoms with E-state index in [2.05, 4.69) is 18.1 Å². The topological polar surface area (TPSA) is 266 Å². The summed E-state index contributed by atoms with van der Waals surface area (Å²) in [4.78, 5) is 66.3. The van der Waals surface area contributed by atoms with Gasteiger partial charge < -0.3 is 34.5 Å². The van der Waals surface area contributed by atoms with E-state index in [1.807, 2.05) is 30.3 Å². The zero-order valence-corrected chi connectivity index (χ0v) is 23.7. The predicted octanol–water partition coefficient (Wildman–Crippen LogP) is 0.0828. The van der Waals surface area contributed by atoms with Crippen LogP contribution in [0.15, 0.2) is 70.4 Å². The molecule has 0 saturated carbocycles. The number of ether oxygens (including phenoxy) is 1. The van der Waals surface area contributed by atoms with Gasteiger partial charge in [0, 0.05) is 17.8 Å². The molecule has 228 valence electrons. The maximum Gasteiger partial charge on any atom is 0.490 e. The Kier molecular flexibility index (Phi) is 9.62. The number of aliphatic hydroxyl groups excluding tert-OH is 2. The van der Waals surface area contributed by atoms with Gasteiger partial charge in [-0.3, -0.25) is 23.4 Å². The highest BCUT2D eigenvalue weighted by molar-refractivity contribution is 7.66. The van der Waals surface area contributed by atoms with Crippen molar-refractivity contribution in [3.05, 3.63) is 87.3 Å². The summed E-state index contributed by atoms with van der Waals surface area (Å²) in [5.41, 5.74) is 0.0828. The van der Waals surface area contributed by atoms with E-state index in [9.17, 15) is 43.3 Å². The number of rotatable bonds is 11. The van der Waals surface area contributed by atoms with Gasteiger partial charge in [-0.15, -0.1) is 0 Å². The first-order valence-corrected chi connectivity index (χ1v) is 16.2. The summed E-state index contributed by atoms with van der Waals surface area (Å²) in [7, 11) is -17.0. The molecular weight excluding hydrogens is 627 g/mol. The summed E-state index contributed by atoms with van der Waals surface area (Å²) < 4.78 is 52.8. The average Bonchev–Trinajstić information content (AvgIpc) is 3.17. The molecule has 0 radical (unpaired) electrons. The van der Waals surface area contributed by atoms with Crippen molar-refractivity contribution in [3.8, 4) is 11.3 Å². The highest BCUT2D eigenvalue weighted by Gasteiger charge is 2.47. The number of phosphoric acid groups is 3. The molecule has 1 aromatic carbocycles. The quantitative estimate of drug-likeness (QED) is 0.150. The molecule has 3 aromatic rings. The molecule has 1 aliphatic heterocycles. The highest BCUT2D eigenvalue weighted by atomic mass is 31.3. The van der Waals surface area contributed by atoms with Crippen LogP contribution in [0.25, 0.3) is 11.3 Å². The van der Waals surface area contributed by atoms with Crippen molar-refractivity contribution in [2.24, 2.45) is 0 Å². The first-order chi connectivity index (χ1) is 19.6. The van der Waals surface area contributed by atoms with Crippen molar-refractivity contribution < 1.29 is 61.4 Å². The number of phosphoric ester groups is 1. The molecule has 3 heterocycles. The Morgan fingerprint density at radius 1 is 0.857 bits per heavy atom. The van der Waals surface area contributed by atoms with Gasteiger partial charge in [-0.25, -0.2) is 18.5 Å². The predicted molar refractivity (Wildman–Crippen MR) is 139 cm³/mol. The van der Waals surface area contributed by atoms with E-state index in [-0.39, 0.29) is 6.54 Å². The smallest absolute Gasteiger partial charge is 0.387 e. The van der Waals surface area contributed by atoms with Gasteiger partial charge in [-0.1, -0.05) is 36.4 Å². The minimum atomic E-state index is -5.79. The van der Waals surface area contributed by atoms with Crippen LogP contribution in [0, 0.1) is 0 Å². The summed E-state index contributed by atoms with van der Waals surface area (Å²) in [5.74, 6) is 0. The average molecular weight is 651 g/mol. The molecule has 1 aliphatic rings. The lowest BCUT2D eigenvalue weighted by Crippen LogP contribution is -2.43. The molecule has 1 saturated heterocycles. The van der Waals surface area contributed by atoms with E-state index in [1.54, 1.807) is 18.2 Å². The number of nitrogens with zero attached hydrogens (tertiary/aromatic N) is 3. The SMILES string of the molecule is O=c1ccn([C@@H]2O[C@H](COP(=O)(O)OP(=O)(O)OP(=O)(O)O)C(O)C2O)c(=O)n1Cc1cccc(-c2ccccc2)n1. The molecule has 42 heavy (non-hydrogen) atoms. The monoisotopic (exact) mass is 651 g/mol. The first kappa shape index (κ1) is 32.3. The molecule has 0 amide bonds. The van der Waals surface area contributed by atoms with Crippen LogP contribution in [-0.4, -0.2) is 68.8 Å². The van der Waals surface area contributed by atoms with Gasteiger partial charge >= 0.3 is 29.2 Å². The van der Waals surface area contributed by atoms with Crippen molar-refractivity contribution in [2.75, 3.05) is 6.61 Å². The molecule has 4 unspecified atom stereocenters. The molecule has 0 bridgehead atoms. The van der Waals surface area contributed by atoms with E-state index >= 15 is 0 Å². The Balaban J connectivity index is 1.50. The van der Waals surface area contributed by atoms with Crippen LogP contribution in [0.1, 0.15) is 11.9 Å². The van der Waals surface area contributed by atoms with Crippen LogP contribution in [-0.2, 0) is 38.1 Å². The second kappa shape index (κ2) is 12.5. The molecule has 6 N–H and O–H groups in total. The third-order valence-electron chi connectivity index (χ3n) is 5.72. The second-order valence-corrected chi connectivity index (χ2v) is 13.2. The minimum Gasteiger partial charge on any atom is -0.387 e. The number of aliphatic hydroxyl groups is 2. The molecule has 21 heteroatoms. The van der Waals surface area contributed by atoms with Gasteiger partial charge in [0.1, 0.15) is 18.3 Å². The lowest BCUT2D eigenvalue weighted by molar-refractivity contribution is -0.0547. The second-order valence-electron chi connectivity index (χ2n) is 8.74. The maximum absolute atomic E-state index is 13.2. The zero-order chi connectivity index (χ0) is 30.9. The number of aromatic nitrogens is 3. The summed E-state index contributed by atoms with van der Waals surface area (Å²) in [5, 5.41) is 20.9. The standard InChI is InChI=1S/C21H24N3O15P3/c25-17-9-10-23(21(28)24(17)11-14-7-4-8-15(22-14)13-5-2-1-3-6-13)20-19(27)18(26)16(37-20)12-36-41(32,33)39-42(34,35)38-40(29,30)31/h1-10,16,18-20,26-27H,11-12H2,(H,32,33)(H,34,35)(H2,29,30,31)/t16-,18?,19?,20-/m1/s1. The van der Waals surface area contributed by atoms with Crippen molar-refractivity contribution in [1.82, 2.24) is 14.1 Å². The van der Waals surface area contributed by atoms with Gasteiger partial charge in [0.15, 0.2) is 6.23 Å². The normalized spacial score (nSPS) is 23.8. The van der Waals surface area contributed by atoms with Gasteiger partial charge in [0.05, 0.1) is 24.5 Å². The van der Waals surface area contributed by atoms with Crippen LogP contribution >= 0.6 is 23.5 Å². The number of hydrogen-bond acceptors (Lipinski definition) is 12. The van der Waals surface area contributed by atoms with Crippen LogP contribution < -0.4 is 11.2 Å².